The second-order valence-corrected chi connectivity index (χ2v) is 7.54. The Hall–Kier alpha value is -0.960. The molecule has 0 aromatic carbocycles. The molecule has 21 heavy (non-hydrogen) atoms. The maximum atomic E-state index is 12.5. The van der Waals surface area contributed by atoms with Crippen molar-refractivity contribution in [3.05, 3.63) is 15.8 Å². The molecule has 120 valence electrons. The van der Waals surface area contributed by atoms with Crippen molar-refractivity contribution in [3.8, 4) is 0 Å². The minimum absolute atomic E-state index is 0.0264. The van der Waals surface area contributed by atoms with Crippen LogP contribution in [0.3, 0.4) is 0 Å². The van der Waals surface area contributed by atoms with E-state index in [0.717, 1.165) is 11.3 Å². The molecule has 1 unspecified atom stereocenters. The third-order valence-electron chi connectivity index (χ3n) is 2.99. The Labute approximate surface area is 129 Å². The molecule has 0 saturated heterocycles. The van der Waals surface area contributed by atoms with Crippen LogP contribution in [-0.2, 0) is 14.8 Å². The van der Waals surface area contributed by atoms with E-state index in [4.69, 9.17) is 9.84 Å². The van der Waals surface area contributed by atoms with Gasteiger partial charge in [-0.15, -0.1) is 11.3 Å². The van der Waals surface area contributed by atoms with Crippen LogP contribution in [-0.4, -0.2) is 38.7 Å². The largest absolute Gasteiger partial charge is 0.477 e. The number of ether oxygens (including phenoxy) is 1. The number of carboxylic acids is 1. The van der Waals surface area contributed by atoms with Gasteiger partial charge in [-0.1, -0.05) is 13.8 Å². The predicted molar refractivity (Wildman–Crippen MR) is 81.5 cm³/mol. The monoisotopic (exact) mass is 335 g/mol. The standard InChI is InChI=1S/C13H21NO5S2/c1-5-19-6-10(8(2)3)14-21(17,18)12-9(4)7-20-11(12)13(15)16/h7-8,10,14H,5-6H2,1-4H3,(H,15,16). The van der Waals surface area contributed by atoms with E-state index in [0.29, 0.717) is 12.2 Å². The number of aromatic carboxylic acids is 1. The van der Waals surface area contributed by atoms with Gasteiger partial charge in [0, 0.05) is 12.6 Å². The van der Waals surface area contributed by atoms with Gasteiger partial charge < -0.3 is 9.84 Å². The van der Waals surface area contributed by atoms with E-state index < -0.39 is 22.0 Å². The first-order valence-electron chi connectivity index (χ1n) is 6.62. The van der Waals surface area contributed by atoms with Gasteiger partial charge in [0.1, 0.15) is 9.77 Å². The fourth-order valence-electron chi connectivity index (χ4n) is 1.78. The second-order valence-electron chi connectivity index (χ2n) is 5.01. The van der Waals surface area contributed by atoms with Crippen molar-refractivity contribution in [2.24, 2.45) is 5.92 Å². The molecule has 0 radical (unpaired) electrons. The zero-order chi connectivity index (χ0) is 16.2. The van der Waals surface area contributed by atoms with Gasteiger partial charge in [0.15, 0.2) is 0 Å². The SMILES string of the molecule is CCOCC(NS(=O)(=O)c1c(C)csc1C(=O)O)C(C)C. The summed E-state index contributed by atoms with van der Waals surface area (Å²) >= 11 is 0.915. The van der Waals surface area contributed by atoms with Crippen LogP contribution in [0.2, 0.25) is 0 Å². The number of nitrogens with one attached hydrogen (secondary N) is 1. The minimum atomic E-state index is -3.90. The van der Waals surface area contributed by atoms with Crippen LogP contribution in [0.25, 0.3) is 0 Å². The first-order valence-corrected chi connectivity index (χ1v) is 8.98. The molecular formula is C13H21NO5S2. The molecule has 1 heterocycles. The Morgan fingerprint density at radius 2 is 2.10 bits per heavy atom. The maximum absolute atomic E-state index is 12.5. The molecule has 0 saturated carbocycles. The molecule has 8 heteroatoms. The summed E-state index contributed by atoms with van der Waals surface area (Å²) in [5.41, 5.74) is 0.434. The van der Waals surface area contributed by atoms with Crippen LogP contribution < -0.4 is 4.72 Å². The molecule has 0 amide bonds. The topological polar surface area (TPSA) is 92.7 Å². The normalized spacial score (nSPS) is 13.6. The van der Waals surface area contributed by atoms with Crippen molar-refractivity contribution in [1.82, 2.24) is 4.72 Å². The van der Waals surface area contributed by atoms with Gasteiger partial charge in [0.25, 0.3) is 0 Å². The van der Waals surface area contributed by atoms with Crippen LogP contribution in [0.4, 0.5) is 0 Å². The highest BCUT2D eigenvalue weighted by molar-refractivity contribution is 7.89. The molecule has 2 N–H and O–H groups in total. The highest BCUT2D eigenvalue weighted by atomic mass is 32.2. The summed E-state index contributed by atoms with van der Waals surface area (Å²) in [5, 5.41) is 10.7. The number of carbonyl (C=O) groups is 1. The first kappa shape index (κ1) is 18.1. The summed E-state index contributed by atoms with van der Waals surface area (Å²) in [6.45, 7) is 7.92. The summed E-state index contributed by atoms with van der Waals surface area (Å²) in [4.78, 5) is 10.8. The minimum Gasteiger partial charge on any atom is -0.477 e. The molecular weight excluding hydrogens is 314 g/mol. The molecule has 1 aromatic heterocycles. The van der Waals surface area contributed by atoms with Gasteiger partial charge in [0.05, 0.1) is 6.61 Å². The highest BCUT2D eigenvalue weighted by Gasteiger charge is 2.29. The number of hydrogen-bond donors (Lipinski definition) is 2. The summed E-state index contributed by atoms with van der Waals surface area (Å²) in [6.07, 6.45) is 0. The van der Waals surface area contributed by atoms with E-state index >= 15 is 0 Å². The molecule has 0 fully saturated rings. The van der Waals surface area contributed by atoms with Gasteiger partial charge in [-0.05, 0) is 30.7 Å². The van der Waals surface area contributed by atoms with Crippen molar-refractivity contribution in [2.75, 3.05) is 13.2 Å². The molecule has 1 atom stereocenters. The fraction of sp³-hybridized carbons (Fsp3) is 0.615. The number of hydrogen-bond acceptors (Lipinski definition) is 5. The Balaban J connectivity index is 3.10. The fourth-order valence-corrected chi connectivity index (χ4v) is 4.78. The summed E-state index contributed by atoms with van der Waals surface area (Å²) in [7, 11) is -3.90. The van der Waals surface area contributed by atoms with Gasteiger partial charge in [-0.2, -0.15) is 0 Å². The molecule has 0 spiro atoms. The molecule has 0 aliphatic rings. The quantitative estimate of drug-likeness (QED) is 0.759. The number of thiophene rings is 1. The van der Waals surface area contributed by atoms with Gasteiger partial charge in [-0.25, -0.2) is 17.9 Å². The van der Waals surface area contributed by atoms with Crippen LogP contribution in [0.5, 0.6) is 0 Å². The molecule has 1 aromatic rings. The third kappa shape index (κ3) is 4.50. The van der Waals surface area contributed by atoms with Crippen molar-refractivity contribution >= 4 is 27.3 Å². The molecule has 0 aliphatic carbocycles. The van der Waals surface area contributed by atoms with E-state index in [-0.39, 0.29) is 22.3 Å². The molecule has 0 aliphatic heterocycles. The number of sulfonamides is 1. The van der Waals surface area contributed by atoms with E-state index in [1.54, 1.807) is 6.92 Å². The van der Waals surface area contributed by atoms with Gasteiger partial charge in [0.2, 0.25) is 10.0 Å². The van der Waals surface area contributed by atoms with Crippen molar-refractivity contribution in [3.63, 3.8) is 0 Å². The lowest BCUT2D eigenvalue weighted by molar-refractivity contribution is 0.0698. The highest BCUT2D eigenvalue weighted by Crippen LogP contribution is 2.27. The predicted octanol–water partition coefficient (Wildman–Crippen LogP) is 2.09. The lowest BCUT2D eigenvalue weighted by Gasteiger charge is -2.22. The van der Waals surface area contributed by atoms with E-state index in [9.17, 15) is 13.2 Å². The van der Waals surface area contributed by atoms with Crippen LogP contribution in [0.1, 0.15) is 36.0 Å². The van der Waals surface area contributed by atoms with Crippen LogP contribution >= 0.6 is 11.3 Å². The van der Waals surface area contributed by atoms with Gasteiger partial charge in [-0.3, -0.25) is 0 Å². The molecule has 6 nitrogen and oxygen atoms in total. The van der Waals surface area contributed by atoms with Crippen molar-refractivity contribution in [1.29, 1.82) is 0 Å². The Morgan fingerprint density at radius 1 is 1.48 bits per heavy atom. The Morgan fingerprint density at radius 3 is 2.57 bits per heavy atom. The summed E-state index contributed by atoms with van der Waals surface area (Å²) in [5.74, 6) is -1.21. The second kappa shape index (κ2) is 7.35. The molecule has 1 rings (SSSR count). The van der Waals surface area contributed by atoms with Crippen molar-refractivity contribution in [2.45, 2.75) is 38.6 Å². The Bertz CT molecular complexity index is 592. The lowest BCUT2D eigenvalue weighted by atomic mass is 10.1. The van der Waals surface area contributed by atoms with E-state index in [1.165, 1.54) is 5.38 Å². The average molecular weight is 335 g/mol. The van der Waals surface area contributed by atoms with E-state index in [2.05, 4.69) is 4.72 Å². The van der Waals surface area contributed by atoms with Crippen LogP contribution in [0.15, 0.2) is 10.3 Å². The summed E-state index contributed by atoms with van der Waals surface area (Å²) < 4.78 is 32.8. The first-order chi connectivity index (χ1) is 9.70. The zero-order valence-electron chi connectivity index (χ0n) is 12.5. The van der Waals surface area contributed by atoms with Gasteiger partial charge >= 0.3 is 5.97 Å². The zero-order valence-corrected chi connectivity index (χ0v) is 14.2. The smallest absolute Gasteiger partial charge is 0.347 e. The van der Waals surface area contributed by atoms with Crippen LogP contribution in [0, 0.1) is 12.8 Å². The average Bonchev–Trinajstić information content (AvgIpc) is 2.77. The molecule has 0 bridgehead atoms. The number of rotatable bonds is 8. The lowest BCUT2D eigenvalue weighted by Crippen LogP contribution is -2.42. The Kier molecular flexibility index (Phi) is 6.33. The summed E-state index contributed by atoms with van der Waals surface area (Å²) in [6, 6.07) is -0.407. The number of aryl methyl sites for hydroxylation is 1. The van der Waals surface area contributed by atoms with Crippen molar-refractivity contribution < 1.29 is 23.1 Å². The third-order valence-corrected chi connectivity index (χ3v) is 5.89. The maximum Gasteiger partial charge on any atom is 0.347 e. The number of carboxylic acid groups (broad SMARTS) is 1. The van der Waals surface area contributed by atoms with E-state index in [1.807, 2.05) is 20.8 Å².